The van der Waals surface area contributed by atoms with E-state index >= 15 is 0 Å². The molecule has 1 rings (SSSR count). The lowest BCUT2D eigenvalue weighted by Crippen LogP contribution is -2.14. The van der Waals surface area contributed by atoms with Crippen LogP contribution in [0.3, 0.4) is 0 Å². The molecule has 0 bridgehead atoms. The number of rotatable bonds is 11. The largest absolute Gasteiger partial charge is 0.491 e. The highest BCUT2D eigenvalue weighted by molar-refractivity contribution is 5.36. The average Bonchev–Trinajstić information content (AvgIpc) is 2.45. The van der Waals surface area contributed by atoms with E-state index in [1.165, 1.54) is 6.07 Å². The lowest BCUT2D eigenvalue weighted by atomic mass is 10.1. The van der Waals surface area contributed by atoms with Gasteiger partial charge in [0.2, 0.25) is 0 Å². The number of methoxy groups -OCH3 is 1. The third-order valence-electron chi connectivity index (χ3n) is 2.76. The maximum Gasteiger partial charge on any atom is 0.131 e. The van der Waals surface area contributed by atoms with E-state index in [0.717, 1.165) is 0 Å². The quantitative estimate of drug-likeness (QED) is 0.633. The van der Waals surface area contributed by atoms with E-state index in [-0.39, 0.29) is 5.82 Å². The highest BCUT2D eigenvalue weighted by atomic mass is 19.1. The molecule has 0 radical (unpaired) electrons. The summed E-state index contributed by atoms with van der Waals surface area (Å²) in [7, 11) is 1.63. The zero-order valence-corrected chi connectivity index (χ0v) is 12.6. The summed E-state index contributed by atoms with van der Waals surface area (Å²) in [6.07, 6.45) is 0. The lowest BCUT2D eigenvalue weighted by Gasteiger charge is -2.14. The summed E-state index contributed by atoms with van der Waals surface area (Å²) in [5.41, 5.74) is 6.14. The molecule has 21 heavy (non-hydrogen) atoms. The van der Waals surface area contributed by atoms with Crippen molar-refractivity contribution in [2.75, 3.05) is 46.8 Å². The Kier molecular flexibility index (Phi) is 8.93. The SMILES string of the molecule is COCCOCCOCCOc1cccc(F)c1[C@H](C)N. The molecular formula is C15H24FNO4. The Bertz CT molecular complexity index is 401. The third-order valence-corrected chi connectivity index (χ3v) is 2.76. The van der Waals surface area contributed by atoms with Gasteiger partial charge >= 0.3 is 0 Å². The zero-order chi connectivity index (χ0) is 15.5. The van der Waals surface area contributed by atoms with Gasteiger partial charge in [-0.3, -0.25) is 0 Å². The standard InChI is InChI=1S/C15H24FNO4/c1-12(17)15-13(16)4-3-5-14(15)21-11-10-20-9-8-19-7-6-18-2/h3-5,12H,6-11,17H2,1-2H3/t12-/m0/s1. The fourth-order valence-corrected chi connectivity index (χ4v) is 1.76. The van der Waals surface area contributed by atoms with Gasteiger partial charge in [0, 0.05) is 18.7 Å². The number of benzene rings is 1. The van der Waals surface area contributed by atoms with Crippen molar-refractivity contribution in [1.29, 1.82) is 0 Å². The monoisotopic (exact) mass is 301 g/mol. The summed E-state index contributed by atoms with van der Waals surface area (Å²) < 4.78 is 34.6. The van der Waals surface area contributed by atoms with Crippen LogP contribution in [0.15, 0.2) is 18.2 Å². The molecule has 0 heterocycles. The number of hydrogen-bond donors (Lipinski definition) is 1. The Labute approximate surface area is 125 Å². The van der Waals surface area contributed by atoms with Gasteiger partial charge in [-0.1, -0.05) is 6.07 Å². The van der Waals surface area contributed by atoms with Crippen LogP contribution in [0.2, 0.25) is 0 Å². The van der Waals surface area contributed by atoms with E-state index in [2.05, 4.69) is 0 Å². The summed E-state index contributed by atoms with van der Waals surface area (Å²) in [5, 5.41) is 0. The number of hydrogen-bond acceptors (Lipinski definition) is 5. The van der Waals surface area contributed by atoms with Gasteiger partial charge in [0.1, 0.15) is 18.2 Å². The Morgan fingerprint density at radius 2 is 1.67 bits per heavy atom. The molecule has 0 unspecified atom stereocenters. The summed E-state index contributed by atoms with van der Waals surface area (Å²) >= 11 is 0. The molecule has 0 spiro atoms. The first-order valence-electron chi connectivity index (χ1n) is 6.98. The van der Waals surface area contributed by atoms with Gasteiger partial charge in [-0.15, -0.1) is 0 Å². The highest BCUT2D eigenvalue weighted by Gasteiger charge is 2.13. The van der Waals surface area contributed by atoms with Crippen molar-refractivity contribution in [2.45, 2.75) is 13.0 Å². The predicted octanol–water partition coefficient (Wildman–Crippen LogP) is 1.90. The van der Waals surface area contributed by atoms with Gasteiger partial charge in [-0.2, -0.15) is 0 Å². The second-order valence-electron chi connectivity index (χ2n) is 4.51. The van der Waals surface area contributed by atoms with Crippen LogP contribution in [-0.2, 0) is 14.2 Å². The van der Waals surface area contributed by atoms with Crippen molar-refractivity contribution >= 4 is 0 Å². The maximum absolute atomic E-state index is 13.7. The van der Waals surface area contributed by atoms with Crippen molar-refractivity contribution in [3.63, 3.8) is 0 Å². The normalized spacial score (nSPS) is 12.4. The molecule has 0 fully saturated rings. The van der Waals surface area contributed by atoms with Crippen LogP contribution in [-0.4, -0.2) is 46.8 Å². The second-order valence-corrected chi connectivity index (χ2v) is 4.51. The third kappa shape index (κ3) is 6.86. The first-order valence-corrected chi connectivity index (χ1v) is 6.98. The smallest absolute Gasteiger partial charge is 0.131 e. The second kappa shape index (κ2) is 10.5. The fraction of sp³-hybridized carbons (Fsp3) is 0.600. The molecule has 1 aromatic carbocycles. The Morgan fingerprint density at radius 1 is 1.05 bits per heavy atom. The van der Waals surface area contributed by atoms with Gasteiger partial charge in [0.25, 0.3) is 0 Å². The molecule has 6 heteroatoms. The molecule has 0 saturated heterocycles. The van der Waals surface area contributed by atoms with E-state index in [0.29, 0.717) is 51.0 Å². The molecule has 0 aliphatic heterocycles. The molecule has 5 nitrogen and oxygen atoms in total. The van der Waals surface area contributed by atoms with Gasteiger partial charge in [0.15, 0.2) is 0 Å². The van der Waals surface area contributed by atoms with Crippen LogP contribution in [0, 0.1) is 5.82 Å². The minimum absolute atomic E-state index is 0.335. The van der Waals surface area contributed by atoms with E-state index in [1.807, 2.05) is 0 Å². The van der Waals surface area contributed by atoms with Crippen LogP contribution >= 0.6 is 0 Å². The number of ether oxygens (including phenoxy) is 4. The molecule has 0 saturated carbocycles. The van der Waals surface area contributed by atoms with Gasteiger partial charge in [-0.25, -0.2) is 4.39 Å². The van der Waals surface area contributed by atoms with Crippen molar-refractivity contribution in [3.8, 4) is 5.75 Å². The summed E-state index contributed by atoms with van der Waals surface area (Å²) in [6, 6.07) is 4.26. The first-order chi connectivity index (χ1) is 10.2. The van der Waals surface area contributed by atoms with Crippen LogP contribution in [0.5, 0.6) is 5.75 Å². The first kappa shape index (κ1) is 17.8. The zero-order valence-electron chi connectivity index (χ0n) is 12.6. The molecular weight excluding hydrogens is 277 g/mol. The van der Waals surface area contributed by atoms with Crippen LogP contribution in [0.4, 0.5) is 4.39 Å². The van der Waals surface area contributed by atoms with Crippen molar-refractivity contribution < 1.29 is 23.3 Å². The maximum atomic E-state index is 13.7. The van der Waals surface area contributed by atoms with Crippen LogP contribution in [0.1, 0.15) is 18.5 Å². The van der Waals surface area contributed by atoms with Gasteiger partial charge < -0.3 is 24.7 Å². The minimum Gasteiger partial charge on any atom is -0.491 e. The Balaban J connectivity index is 2.20. The minimum atomic E-state index is -0.420. The summed E-state index contributed by atoms with van der Waals surface area (Å²) in [5.74, 6) is 0.111. The Hall–Kier alpha value is -1.21. The van der Waals surface area contributed by atoms with E-state index in [1.54, 1.807) is 26.2 Å². The molecule has 120 valence electrons. The number of halogens is 1. The van der Waals surface area contributed by atoms with Crippen molar-refractivity contribution in [3.05, 3.63) is 29.6 Å². The highest BCUT2D eigenvalue weighted by Crippen LogP contribution is 2.26. The van der Waals surface area contributed by atoms with Gasteiger partial charge in [0.05, 0.1) is 33.0 Å². The molecule has 0 aromatic heterocycles. The fourth-order valence-electron chi connectivity index (χ4n) is 1.76. The van der Waals surface area contributed by atoms with Crippen LogP contribution in [0.25, 0.3) is 0 Å². The summed E-state index contributed by atoms with van der Waals surface area (Å²) in [4.78, 5) is 0. The molecule has 0 aliphatic carbocycles. The molecule has 1 atom stereocenters. The van der Waals surface area contributed by atoms with E-state index in [9.17, 15) is 4.39 Å². The van der Waals surface area contributed by atoms with Crippen LogP contribution < -0.4 is 10.5 Å². The van der Waals surface area contributed by atoms with Crippen molar-refractivity contribution in [1.82, 2.24) is 0 Å². The Morgan fingerprint density at radius 3 is 2.29 bits per heavy atom. The van der Waals surface area contributed by atoms with E-state index < -0.39 is 6.04 Å². The topological polar surface area (TPSA) is 62.9 Å². The number of nitrogens with two attached hydrogens (primary N) is 1. The average molecular weight is 301 g/mol. The summed E-state index contributed by atoms with van der Waals surface area (Å²) in [6.45, 7) is 4.58. The molecule has 1 aromatic rings. The lowest BCUT2D eigenvalue weighted by molar-refractivity contribution is 0.0178. The van der Waals surface area contributed by atoms with E-state index in [4.69, 9.17) is 24.7 Å². The predicted molar refractivity (Wildman–Crippen MR) is 78.0 cm³/mol. The molecule has 0 aliphatic rings. The van der Waals surface area contributed by atoms with Crippen molar-refractivity contribution in [2.24, 2.45) is 5.73 Å². The molecule has 2 N–H and O–H groups in total. The molecule has 0 amide bonds. The van der Waals surface area contributed by atoms with Gasteiger partial charge in [-0.05, 0) is 19.1 Å².